The van der Waals surface area contributed by atoms with E-state index < -0.39 is 6.10 Å². The molecule has 3 rings (SSSR count). The van der Waals surface area contributed by atoms with Crippen molar-refractivity contribution in [3.8, 4) is 5.75 Å². The van der Waals surface area contributed by atoms with Crippen LogP contribution in [0.3, 0.4) is 0 Å². The molecule has 2 aromatic carbocycles. The molecule has 3 nitrogen and oxygen atoms in total. The summed E-state index contributed by atoms with van der Waals surface area (Å²) in [6.07, 6.45) is 4.22. The number of benzene rings is 2. The Labute approximate surface area is 157 Å². The van der Waals surface area contributed by atoms with E-state index >= 15 is 0 Å². The molecule has 1 N–H and O–H groups in total. The monoisotopic (exact) mass is 353 g/mol. The van der Waals surface area contributed by atoms with Crippen molar-refractivity contribution in [2.45, 2.75) is 44.6 Å². The molecule has 1 saturated heterocycles. The number of likely N-dealkylation sites (tertiary alicyclic amines) is 1. The summed E-state index contributed by atoms with van der Waals surface area (Å²) in [6.45, 7) is 6.09. The summed E-state index contributed by atoms with van der Waals surface area (Å²) in [5, 5.41) is 11.1. The molecule has 1 heterocycles. The molecule has 0 saturated carbocycles. The summed E-state index contributed by atoms with van der Waals surface area (Å²) in [5.41, 5.74) is 2.16. The van der Waals surface area contributed by atoms with Crippen molar-refractivity contribution in [2.24, 2.45) is 0 Å². The van der Waals surface area contributed by atoms with Gasteiger partial charge in [0.05, 0.1) is 12.7 Å². The first-order valence-electron chi connectivity index (χ1n) is 9.96. The highest BCUT2D eigenvalue weighted by molar-refractivity contribution is 5.32. The zero-order valence-corrected chi connectivity index (χ0v) is 15.8. The molecular weight excluding hydrogens is 322 g/mol. The Morgan fingerprint density at radius 1 is 0.962 bits per heavy atom. The van der Waals surface area contributed by atoms with E-state index in [0.717, 1.165) is 50.4 Å². The fraction of sp³-hybridized carbons (Fsp3) is 0.478. The quantitative estimate of drug-likeness (QED) is 0.659. The van der Waals surface area contributed by atoms with Crippen LogP contribution < -0.4 is 4.74 Å². The van der Waals surface area contributed by atoms with Gasteiger partial charge in [-0.2, -0.15) is 0 Å². The van der Waals surface area contributed by atoms with Crippen LogP contribution in [0.2, 0.25) is 0 Å². The first-order chi connectivity index (χ1) is 12.8. The highest BCUT2D eigenvalue weighted by Gasteiger charge is 2.26. The van der Waals surface area contributed by atoms with E-state index in [0.29, 0.717) is 0 Å². The molecule has 1 fully saturated rings. The van der Waals surface area contributed by atoms with Crippen LogP contribution in [0.1, 0.15) is 55.8 Å². The van der Waals surface area contributed by atoms with Crippen LogP contribution in [0, 0.1) is 0 Å². The lowest BCUT2D eigenvalue weighted by Crippen LogP contribution is -2.29. The standard InChI is InChI=1S/C23H31NO2/c1-2-3-17-26-21-13-11-20(12-14-21)23(25)22(18-24-15-7-8-16-24)19-9-5-4-6-10-19/h4-6,9-14,22-23,25H,2-3,7-8,15-18H2,1H3/t22-,23+/m1/s1. The molecule has 0 aliphatic carbocycles. The van der Waals surface area contributed by atoms with Gasteiger partial charge >= 0.3 is 0 Å². The molecule has 0 bridgehead atoms. The number of hydrogen-bond donors (Lipinski definition) is 1. The van der Waals surface area contributed by atoms with E-state index in [4.69, 9.17) is 4.74 Å². The number of aliphatic hydroxyl groups excluding tert-OH is 1. The van der Waals surface area contributed by atoms with E-state index in [-0.39, 0.29) is 5.92 Å². The molecule has 0 radical (unpaired) electrons. The van der Waals surface area contributed by atoms with E-state index in [9.17, 15) is 5.11 Å². The largest absolute Gasteiger partial charge is 0.494 e. The molecular formula is C23H31NO2. The van der Waals surface area contributed by atoms with Gasteiger partial charge in [0.2, 0.25) is 0 Å². The summed E-state index contributed by atoms with van der Waals surface area (Å²) in [7, 11) is 0. The number of aliphatic hydroxyl groups is 1. The van der Waals surface area contributed by atoms with Crippen LogP contribution >= 0.6 is 0 Å². The second-order valence-corrected chi connectivity index (χ2v) is 7.24. The van der Waals surface area contributed by atoms with Crippen molar-refractivity contribution in [2.75, 3.05) is 26.2 Å². The van der Waals surface area contributed by atoms with E-state index in [2.05, 4.69) is 36.1 Å². The van der Waals surface area contributed by atoms with Gasteiger partial charge in [-0.05, 0) is 55.6 Å². The van der Waals surface area contributed by atoms with Gasteiger partial charge in [-0.3, -0.25) is 0 Å². The van der Waals surface area contributed by atoms with Crippen LogP contribution in [0.4, 0.5) is 0 Å². The minimum Gasteiger partial charge on any atom is -0.494 e. The SMILES string of the molecule is CCCCOc1ccc([C@H](O)[C@H](CN2CCCC2)c2ccccc2)cc1. The third-order valence-electron chi connectivity index (χ3n) is 5.25. The Hall–Kier alpha value is -1.84. The number of unbranched alkanes of at least 4 members (excludes halogenated alkanes) is 1. The normalized spacial score (nSPS) is 17.2. The van der Waals surface area contributed by atoms with Crippen molar-refractivity contribution >= 4 is 0 Å². The number of nitrogens with zero attached hydrogens (tertiary/aromatic N) is 1. The van der Waals surface area contributed by atoms with Gasteiger partial charge in [0.25, 0.3) is 0 Å². The van der Waals surface area contributed by atoms with Gasteiger partial charge in [-0.25, -0.2) is 0 Å². The molecule has 1 aliphatic rings. The lowest BCUT2D eigenvalue weighted by Gasteiger charge is -2.28. The molecule has 0 spiro atoms. The summed E-state index contributed by atoms with van der Waals surface area (Å²) in [5.74, 6) is 0.964. The topological polar surface area (TPSA) is 32.7 Å². The zero-order chi connectivity index (χ0) is 18.2. The van der Waals surface area contributed by atoms with Crippen molar-refractivity contribution in [1.29, 1.82) is 0 Å². The minimum absolute atomic E-state index is 0.0844. The third-order valence-corrected chi connectivity index (χ3v) is 5.25. The summed E-state index contributed by atoms with van der Waals surface area (Å²) in [6, 6.07) is 18.4. The average molecular weight is 354 g/mol. The van der Waals surface area contributed by atoms with Crippen LogP contribution in [0.25, 0.3) is 0 Å². The Bertz CT molecular complexity index is 635. The van der Waals surface area contributed by atoms with Crippen LogP contribution in [0.15, 0.2) is 54.6 Å². The van der Waals surface area contributed by atoms with E-state index in [1.807, 2.05) is 30.3 Å². The van der Waals surface area contributed by atoms with Gasteiger partial charge in [-0.15, -0.1) is 0 Å². The summed E-state index contributed by atoms with van der Waals surface area (Å²) >= 11 is 0. The Morgan fingerprint density at radius 3 is 2.31 bits per heavy atom. The number of ether oxygens (including phenoxy) is 1. The molecule has 26 heavy (non-hydrogen) atoms. The first kappa shape index (κ1) is 18.9. The van der Waals surface area contributed by atoms with Crippen LogP contribution in [0.5, 0.6) is 5.75 Å². The second-order valence-electron chi connectivity index (χ2n) is 7.24. The first-order valence-corrected chi connectivity index (χ1v) is 9.96. The Balaban J connectivity index is 1.72. The fourth-order valence-electron chi connectivity index (χ4n) is 3.66. The van der Waals surface area contributed by atoms with E-state index in [1.165, 1.54) is 18.4 Å². The zero-order valence-electron chi connectivity index (χ0n) is 15.8. The molecule has 2 atom stereocenters. The molecule has 3 heteroatoms. The van der Waals surface area contributed by atoms with Gasteiger partial charge < -0.3 is 14.7 Å². The van der Waals surface area contributed by atoms with Crippen LogP contribution in [-0.4, -0.2) is 36.2 Å². The maximum atomic E-state index is 11.1. The highest BCUT2D eigenvalue weighted by Crippen LogP contribution is 2.33. The summed E-state index contributed by atoms with van der Waals surface area (Å²) < 4.78 is 5.74. The highest BCUT2D eigenvalue weighted by atomic mass is 16.5. The second kappa shape index (κ2) is 9.75. The molecule has 0 amide bonds. The number of rotatable bonds is 9. The predicted molar refractivity (Wildman–Crippen MR) is 107 cm³/mol. The van der Waals surface area contributed by atoms with Crippen molar-refractivity contribution < 1.29 is 9.84 Å². The third kappa shape index (κ3) is 5.09. The predicted octanol–water partition coefficient (Wildman–Crippen LogP) is 4.78. The Kier molecular flexibility index (Phi) is 7.10. The summed E-state index contributed by atoms with van der Waals surface area (Å²) in [4.78, 5) is 2.48. The van der Waals surface area contributed by atoms with Gasteiger partial charge in [0, 0.05) is 12.5 Å². The van der Waals surface area contributed by atoms with Crippen LogP contribution in [-0.2, 0) is 0 Å². The van der Waals surface area contributed by atoms with Crippen molar-refractivity contribution in [3.63, 3.8) is 0 Å². The Morgan fingerprint density at radius 2 is 1.65 bits per heavy atom. The molecule has 1 aliphatic heterocycles. The maximum Gasteiger partial charge on any atom is 0.119 e. The molecule has 0 unspecified atom stereocenters. The fourth-order valence-corrected chi connectivity index (χ4v) is 3.66. The van der Waals surface area contributed by atoms with Gasteiger partial charge in [0.15, 0.2) is 0 Å². The number of hydrogen-bond acceptors (Lipinski definition) is 3. The van der Waals surface area contributed by atoms with Gasteiger partial charge in [-0.1, -0.05) is 55.8 Å². The average Bonchev–Trinajstić information content (AvgIpc) is 3.20. The smallest absolute Gasteiger partial charge is 0.119 e. The lowest BCUT2D eigenvalue weighted by atomic mass is 9.88. The van der Waals surface area contributed by atoms with Crippen molar-refractivity contribution in [3.05, 3.63) is 65.7 Å². The molecule has 0 aromatic heterocycles. The van der Waals surface area contributed by atoms with E-state index in [1.54, 1.807) is 0 Å². The molecule has 2 aromatic rings. The van der Waals surface area contributed by atoms with Gasteiger partial charge in [0.1, 0.15) is 5.75 Å². The van der Waals surface area contributed by atoms with Crippen molar-refractivity contribution in [1.82, 2.24) is 4.90 Å². The maximum absolute atomic E-state index is 11.1. The lowest BCUT2D eigenvalue weighted by molar-refractivity contribution is 0.123. The molecule has 140 valence electrons. The minimum atomic E-state index is -0.511.